The van der Waals surface area contributed by atoms with Gasteiger partial charge in [0.15, 0.2) is 0 Å². The van der Waals surface area contributed by atoms with Gasteiger partial charge in [-0.25, -0.2) is 0 Å². The number of hydrogen-bond acceptors (Lipinski definition) is 1. The summed E-state index contributed by atoms with van der Waals surface area (Å²) >= 11 is 0. The van der Waals surface area contributed by atoms with Crippen molar-refractivity contribution in [2.45, 2.75) is 57.8 Å². The molecule has 0 spiro atoms. The lowest BCUT2D eigenvalue weighted by atomic mass is 9.47. The maximum atomic E-state index is 2.69. The van der Waals surface area contributed by atoms with Crippen molar-refractivity contribution in [1.29, 1.82) is 0 Å². The fourth-order valence-corrected chi connectivity index (χ4v) is 7.06. The van der Waals surface area contributed by atoms with E-state index in [1.807, 2.05) is 0 Å². The maximum absolute atomic E-state index is 2.69. The second kappa shape index (κ2) is 6.58. The fourth-order valence-electron chi connectivity index (χ4n) is 7.06. The molecule has 0 radical (unpaired) electrons. The molecule has 6 rings (SSSR count). The van der Waals surface area contributed by atoms with Crippen molar-refractivity contribution in [3.8, 4) is 0 Å². The van der Waals surface area contributed by atoms with Gasteiger partial charge < -0.3 is 0 Å². The van der Waals surface area contributed by atoms with Gasteiger partial charge in [-0.15, -0.1) is 0 Å². The van der Waals surface area contributed by atoms with Crippen molar-refractivity contribution >= 4 is 5.57 Å². The SMILES string of the molecule is C(/CN1CCCCC1)=C(/c1ccccc1)C12CC3CC(CC(C3)C1)C2. The van der Waals surface area contributed by atoms with Crippen molar-refractivity contribution in [2.75, 3.05) is 19.6 Å². The van der Waals surface area contributed by atoms with Crippen LogP contribution in [-0.2, 0) is 0 Å². The highest BCUT2D eigenvalue weighted by Crippen LogP contribution is 2.64. The lowest BCUT2D eigenvalue weighted by Crippen LogP contribution is -2.46. The van der Waals surface area contributed by atoms with Crippen LogP contribution in [0, 0.1) is 23.2 Å². The summed E-state index contributed by atoms with van der Waals surface area (Å²) in [6, 6.07) is 11.4. The molecule has 4 saturated carbocycles. The van der Waals surface area contributed by atoms with Crippen molar-refractivity contribution < 1.29 is 0 Å². The Morgan fingerprint density at radius 2 is 1.48 bits per heavy atom. The monoisotopic (exact) mass is 335 g/mol. The zero-order chi connectivity index (χ0) is 16.7. The molecule has 1 aliphatic heterocycles. The molecule has 4 bridgehead atoms. The van der Waals surface area contributed by atoms with Gasteiger partial charge in [0.2, 0.25) is 0 Å². The third-order valence-electron chi connectivity index (χ3n) is 7.70. The maximum Gasteiger partial charge on any atom is 0.0169 e. The third kappa shape index (κ3) is 3.10. The van der Waals surface area contributed by atoms with Crippen LogP contribution < -0.4 is 0 Å². The van der Waals surface area contributed by atoms with E-state index >= 15 is 0 Å². The summed E-state index contributed by atoms with van der Waals surface area (Å²) in [6.07, 6.45) is 15.9. The Bertz CT molecular complexity index is 587. The summed E-state index contributed by atoms with van der Waals surface area (Å²) in [4.78, 5) is 2.69. The molecule has 1 saturated heterocycles. The Kier molecular flexibility index (Phi) is 4.24. The number of nitrogens with zero attached hydrogens (tertiary/aromatic N) is 1. The van der Waals surface area contributed by atoms with Crippen molar-refractivity contribution in [1.82, 2.24) is 4.90 Å². The summed E-state index contributed by atoms with van der Waals surface area (Å²) in [5.74, 6) is 3.06. The van der Waals surface area contributed by atoms with E-state index in [1.54, 1.807) is 5.57 Å². The molecule has 0 atom stereocenters. The molecule has 1 aromatic rings. The smallest absolute Gasteiger partial charge is 0.0169 e. The largest absolute Gasteiger partial charge is 0.300 e. The molecular weight excluding hydrogens is 302 g/mol. The molecule has 1 aromatic carbocycles. The predicted molar refractivity (Wildman–Crippen MR) is 105 cm³/mol. The van der Waals surface area contributed by atoms with Crippen LogP contribution >= 0.6 is 0 Å². The molecule has 0 aromatic heterocycles. The minimum absolute atomic E-state index is 0.506. The molecule has 0 amide bonds. The number of benzene rings is 1. The van der Waals surface area contributed by atoms with Gasteiger partial charge in [-0.05, 0) is 98.8 Å². The van der Waals surface area contributed by atoms with Crippen molar-refractivity contribution in [3.63, 3.8) is 0 Å². The molecule has 134 valence electrons. The number of likely N-dealkylation sites (tertiary alicyclic amines) is 1. The first-order valence-corrected chi connectivity index (χ1v) is 10.8. The summed E-state index contributed by atoms with van der Waals surface area (Å²) in [5, 5.41) is 0. The molecule has 5 fully saturated rings. The summed E-state index contributed by atoms with van der Waals surface area (Å²) in [5.41, 5.74) is 3.74. The fraction of sp³-hybridized carbons (Fsp3) is 0.667. The topological polar surface area (TPSA) is 3.24 Å². The molecule has 1 heteroatoms. The minimum atomic E-state index is 0.506. The Labute approximate surface area is 153 Å². The molecule has 5 aliphatic rings. The number of hydrogen-bond donors (Lipinski definition) is 0. The standard InChI is InChI=1S/C24H33N/c1-3-7-22(8-4-1)23(9-12-25-10-5-2-6-11-25)24-16-19-13-20(17-24)15-21(14-19)18-24/h1,3-4,7-9,19-21H,2,5-6,10-18H2/b23-9+. The third-order valence-corrected chi connectivity index (χ3v) is 7.70. The first-order chi connectivity index (χ1) is 12.3. The van der Waals surface area contributed by atoms with Gasteiger partial charge >= 0.3 is 0 Å². The molecule has 1 heterocycles. The van der Waals surface area contributed by atoms with E-state index in [4.69, 9.17) is 0 Å². The highest BCUT2D eigenvalue weighted by atomic mass is 15.1. The van der Waals surface area contributed by atoms with Crippen molar-refractivity contribution in [2.24, 2.45) is 23.2 Å². The van der Waals surface area contributed by atoms with E-state index in [9.17, 15) is 0 Å². The van der Waals surface area contributed by atoms with Crippen LogP contribution in [0.2, 0.25) is 0 Å². The Hall–Kier alpha value is -1.08. The lowest BCUT2D eigenvalue weighted by molar-refractivity contribution is -0.0179. The average molecular weight is 336 g/mol. The van der Waals surface area contributed by atoms with Gasteiger partial charge in [0.25, 0.3) is 0 Å². The second-order valence-corrected chi connectivity index (χ2v) is 9.54. The van der Waals surface area contributed by atoms with E-state index in [-0.39, 0.29) is 0 Å². The molecule has 4 aliphatic carbocycles. The van der Waals surface area contributed by atoms with E-state index in [2.05, 4.69) is 41.3 Å². The van der Waals surface area contributed by atoms with Gasteiger partial charge in [-0.2, -0.15) is 0 Å². The highest BCUT2D eigenvalue weighted by molar-refractivity contribution is 5.71. The van der Waals surface area contributed by atoms with E-state index in [0.29, 0.717) is 5.41 Å². The normalized spacial score (nSPS) is 38.2. The van der Waals surface area contributed by atoms with E-state index in [1.165, 1.54) is 83.0 Å². The highest BCUT2D eigenvalue weighted by Gasteiger charge is 2.52. The van der Waals surface area contributed by atoms with Crippen LogP contribution in [0.5, 0.6) is 0 Å². The lowest BCUT2D eigenvalue weighted by Gasteiger charge is -2.58. The Morgan fingerprint density at radius 3 is 2.08 bits per heavy atom. The van der Waals surface area contributed by atoms with Gasteiger partial charge in [-0.1, -0.05) is 42.8 Å². The average Bonchev–Trinajstić information content (AvgIpc) is 2.62. The second-order valence-electron chi connectivity index (χ2n) is 9.54. The summed E-state index contributed by atoms with van der Waals surface area (Å²) in [6.45, 7) is 3.78. The van der Waals surface area contributed by atoms with Gasteiger partial charge in [0, 0.05) is 6.54 Å². The molecule has 25 heavy (non-hydrogen) atoms. The van der Waals surface area contributed by atoms with Crippen LogP contribution in [0.15, 0.2) is 36.4 Å². The Morgan fingerprint density at radius 1 is 0.880 bits per heavy atom. The number of rotatable bonds is 4. The predicted octanol–water partition coefficient (Wildman–Crippen LogP) is 5.77. The van der Waals surface area contributed by atoms with Crippen LogP contribution in [0.1, 0.15) is 63.4 Å². The number of piperidine rings is 1. The summed E-state index contributed by atoms with van der Waals surface area (Å²) in [7, 11) is 0. The first-order valence-electron chi connectivity index (χ1n) is 10.8. The zero-order valence-corrected chi connectivity index (χ0v) is 15.6. The van der Waals surface area contributed by atoms with Crippen LogP contribution in [0.4, 0.5) is 0 Å². The van der Waals surface area contributed by atoms with E-state index in [0.717, 1.165) is 17.8 Å². The zero-order valence-electron chi connectivity index (χ0n) is 15.6. The van der Waals surface area contributed by atoms with Crippen molar-refractivity contribution in [3.05, 3.63) is 42.0 Å². The summed E-state index contributed by atoms with van der Waals surface area (Å²) < 4.78 is 0. The van der Waals surface area contributed by atoms with Gasteiger partial charge in [-0.3, -0.25) is 4.90 Å². The quantitative estimate of drug-likeness (QED) is 0.675. The first kappa shape index (κ1) is 16.1. The Balaban J connectivity index is 1.47. The van der Waals surface area contributed by atoms with Crippen LogP contribution in [0.25, 0.3) is 5.57 Å². The number of allylic oxidation sites excluding steroid dienone is 1. The van der Waals surface area contributed by atoms with Crippen LogP contribution in [-0.4, -0.2) is 24.5 Å². The minimum Gasteiger partial charge on any atom is -0.300 e. The van der Waals surface area contributed by atoms with Crippen LogP contribution in [0.3, 0.4) is 0 Å². The molecular formula is C24H33N. The molecule has 0 N–H and O–H groups in total. The molecule has 1 nitrogen and oxygen atoms in total. The van der Waals surface area contributed by atoms with Gasteiger partial charge in [0.05, 0.1) is 0 Å². The van der Waals surface area contributed by atoms with E-state index < -0.39 is 0 Å². The van der Waals surface area contributed by atoms with Gasteiger partial charge in [0.1, 0.15) is 0 Å². The molecule has 0 unspecified atom stereocenters.